The van der Waals surface area contributed by atoms with Crippen molar-refractivity contribution in [2.45, 2.75) is 59.2 Å². The predicted octanol–water partition coefficient (Wildman–Crippen LogP) is 4.52. The first-order valence-electron chi connectivity index (χ1n) is 9.70. The number of hydrogen-bond donors (Lipinski definition) is 1. The molecule has 1 N–H and O–H groups in total. The third-order valence-corrected chi connectivity index (χ3v) is 4.96. The third kappa shape index (κ3) is 6.10. The lowest BCUT2D eigenvalue weighted by Gasteiger charge is -2.31. The number of carbonyl (C=O) groups is 2. The van der Waals surface area contributed by atoms with Gasteiger partial charge in [-0.15, -0.1) is 0 Å². The maximum absolute atomic E-state index is 13.2. The van der Waals surface area contributed by atoms with Crippen molar-refractivity contribution in [1.29, 1.82) is 0 Å². The molecule has 0 aromatic heterocycles. The number of halogens is 1. The van der Waals surface area contributed by atoms with Gasteiger partial charge in [-0.25, -0.2) is 0 Å². The van der Waals surface area contributed by atoms with Crippen LogP contribution in [0.5, 0.6) is 0 Å². The van der Waals surface area contributed by atoms with Gasteiger partial charge >= 0.3 is 0 Å². The number of amides is 2. The molecule has 0 spiro atoms. The minimum atomic E-state index is -0.529. The molecule has 1 atom stereocenters. The van der Waals surface area contributed by atoms with Crippen LogP contribution in [0.15, 0.2) is 48.5 Å². The fourth-order valence-electron chi connectivity index (χ4n) is 3.10. The van der Waals surface area contributed by atoms with Crippen molar-refractivity contribution < 1.29 is 9.59 Å². The van der Waals surface area contributed by atoms with Crippen LogP contribution in [0.25, 0.3) is 0 Å². The van der Waals surface area contributed by atoms with E-state index in [0.29, 0.717) is 18.0 Å². The highest BCUT2D eigenvalue weighted by Gasteiger charge is 2.29. The standard InChI is InChI=1S/C23H29ClN2O2/c1-5-21(23(28)25-16(2)3)26(15-18-12-10-17(4)11-13-18)22(27)14-19-8-6-7-9-20(19)24/h6-13,16,21H,5,14-15H2,1-4H3,(H,25,28)/t21-/m1/s1. The summed E-state index contributed by atoms with van der Waals surface area (Å²) in [5.41, 5.74) is 2.92. The Morgan fingerprint density at radius 3 is 2.29 bits per heavy atom. The molecule has 2 amide bonds. The quantitative estimate of drug-likeness (QED) is 0.708. The number of benzene rings is 2. The summed E-state index contributed by atoms with van der Waals surface area (Å²) in [5.74, 6) is -0.239. The average Bonchev–Trinajstić information content (AvgIpc) is 2.64. The zero-order chi connectivity index (χ0) is 20.7. The van der Waals surface area contributed by atoms with E-state index in [1.54, 1.807) is 11.0 Å². The SMILES string of the molecule is CC[C@H](C(=O)NC(C)C)N(Cc1ccc(C)cc1)C(=O)Cc1ccccc1Cl. The zero-order valence-corrected chi connectivity index (χ0v) is 17.8. The van der Waals surface area contributed by atoms with Crippen LogP contribution < -0.4 is 5.32 Å². The number of aryl methyl sites for hydroxylation is 1. The van der Waals surface area contributed by atoms with Crippen molar-refractivity contribution in [2.24, 2.45) is 0 Å². The second kappa shape index (κ2) is 10.3. The van der Waals surface area contributed by atoms with Gasteiger partial charge in [-0.3, -0.25) is 9.59 Å². The molecular weight excluding hydrogens is 372 g/mol. The molecule has 0 aliphatic rings. The first-order valence-corrected chi connectivity index (χ1v) is 10.1. The molecule has 150 valence electrons. The Bertz CT molecular complexity index is 803. The molecule has 0 heterocycles. The van der Waals surface area contributed by atoms with Gasteiger partial charge in [-0.2, -0.15) is 0 Å². The lowest BCUT2D eigenvalue weighted by atomic mass is 10.1. The van der Waals surface area contributed by atoms with Crippen LogP contribution in [0.4, 0.5) is 0 Å². The van der Waals surface area contributed by atoms with Crippen LogP contribution in [0.1, 0.15) is 43.9 Å². The highest BCUT2D eigenvalue weighted by atomic mass is 35.5. The average molecular weight is 401 g/mol. The van der Waals surface area contributed by atoms with Gasteiger partial charge in [0.05, 0.1) is 6.42 Å². The largest absolute Gasteiger partial charge is 0.352 e. The normalized spacial score (nSPS) is 11.9. The van der Waals surface area contributed by atoms with E-state index in [1.165, 1.54) is 0 Å². The summed E-state index contributed by atoms with van der Waals surface area (Å²) in [4.78, 5) is 27.6. The van der Waals surface area contributed by atoms with E-state index in [0.717, 1.165) is 16.7 Å². The number of carbonyl (C=O) groups excluding carboxylic acids is 2. The molecule has 2 rings (SSSR count). The van der Waals surface area contributed by atoms with Crippen molar-refractivity contribution in [1.82, 2.24) is 10.2 Å². The van der Waals surface area contributed by atoms with Gasteiger partial charge in [-0.05, 0) is 44.4 Å². The van der Waals surface area contributed by atoms with Crippen LogP contribution in [-0.2, 0) is 22.6 Å². The molecule has 2 aromatic rings. The van der Waals surface area contributed by atoms with Crippen LogP contribution in [0.2, 0.25) is 5.02 Å². The number of rotatable bonds is 8. The van der Waals surface area contributed by atoms with Crippen molar-refractivity contribution in [3.05, 3.63) is 70.2 Å². The topological polar surface area (TPSA) is 49.4 Å². The summed E-state index contributed by atoms with van der Waals surface area (Å²) in [5, 5.41) is 3.50. The van der Waals surface area contributed by atoms with E-state index < -0.39 is 6.04 Å². The molecule has 4 nitrogen and oxygen atoms in total. The van der Waals surface area contributed by atoms with Crippen molar-refractivity contribution >= 4 is 23.4 Å². The molecule has 0 aliphatic heterocycles. The summed E-state index contributed by atoms with van der Waals surface area (Å²) < 4.78 is 0. The van der Waals surface area contributed by atoms with Gasteiger partial charge in [0.1, 0.15) is 6.04 Å². The highest BCUT2D eigenvalue weighted by Crippen LogP contribution is 2.19. The third-order valence-electron chi connectivity index (χ3n) is 4.59. The van der Waals surface area contributed by atoms with Crippen LogP contribution >= 0.6 is 11.6 Å². The molecule has 28 heavy (non-hydrogen) atoms. The molecule has 0 radical (unpaired) electrons. The Hall–Kier alpha value is -2.33. The molecule has 0 aliphatic carbocycles. The lowest BCUT2D eigenvalue weighted by Crippen LogP contribution is -2.50. The van der Waals surface area contributed by atoms with Crippen LogP contribution in [0, 0.1) is 6.92 Å². The van der Waals surface area contributed by atoms with E-state index in [9.17, 15) is 9.59 Å². The maximum atomic E-state index is 13.2. The van der Waals surface area contributed by atoms with E-state index in [-0.39, 0.29) is 24.3 Å². The van der Waals surface area contributed by atoms with E-state index in [1.807, 2.05) is 70.2 Å². The summed E-state index contributed by atoms with van der Waals surface area (Å²) in [6.07, 6.45) is 0.704. The second-order valence-corrected chi connectivity index (χ2v) is 7.77. The second-order valence-electron chi connectivity index (χ2n) is 7.36. The van der Waals surface area contributed by atoms with Crippen LogP contribution in [-0.4, -0.2) is 28.8 Å². The number of nitrogens with one attached hydrogen (secondary N) is 1. The summed E-state index contributed by atoms with van der Waals surface area (Å²) >= 11 is 6.25. The fourth-order valence-corrected chi connectivity index (χ4v) is 3.30. The Labute approximate surface area is 172 Å². The minimum Gasteiger partial charge on any atom is -0.352 e. The van der Waals surface area contributed by atoms with E-state index >= 15 is 0 Å². The highest BCUT2D eigenvalue weighted by molar-refractivity contribution is 6.31. The van der Waals surface area contributed by atoms with Gasteiger partial charge in [-0.1, -0.05) is 66.6 Å². The Kier molecular flexibility index (Phi) is 8.06. The molecular formula is C23H29ClN2O2. The molecule has 0 fully saturated rings. The Morgan fingerprint density at radius 2 is 1.71 bits per heavy atom. The number of nitrogens with zero attached hydrogens (tertiary/aromatic N) is 1. The predicted molar refractivity (Wildman–Crippen MR) is 114 cm³/mol. The van der Waals surface area contributed by atoms with Crippen LogP contribution in [0.3, 0.4) is 0 Å². The van der Waals surface area contributed by atoms with Crippen molar-refractivity contribution in [3.8, 4) is 0 Å². The van der Waals surface area contributed by atoms with E-state index in [2.05, 4.69) is 5.32 Å². The summed E-state index contributed by atoms with van der Waals surface area (Å²) in [7, 11) is 0. The molecule has 0 saturated heterocycles. The first-order chi connectivity index (χ1) is 13.3. The lowest BCUT2D eigenvalue weighted by molar-refractivity contribution is -0.141. The molecule has 5 heteroatoms. The van der Waals surface area contributed by atoms with Crippen molar-refractivity contribution in [3.63, 3.8) is 0 Å². The molecule has 0 unspecified atom stereocenters. The Balaban J connectivity index is 2.30. The summed E-state index contributed by atoms with van der Waals surface area (Å²) in [6, 6.07) is 14.8. The van der Waals surface area contributed by atoms with Gasteiger partial charge < -0.3 is 10.2 Å². The van der Waals surface area contributed by atoms with Gasteiger partial charge in [0.15, 0.2) is 0 Å². The zero-order valence-electron chi connectivity index (χ0n) is 17.0. The Morgan fingerprint density at radius 1 is 1.07 bits per heavy atom. The van der Waals surface area contributed by atoms with E-state index in [4.69, 9.17) is 11.6 Å². The molecule has 0 bridgehead atoms. The van der Waals surface area contributed by atoms with Gasteiger partial charge in [0.2, 0.25) is 11.8 Å². The monoisotopic (exact) mass is 400 g/mol. The van der Waals surface area contributed by atoms with Gasteiger partial charge in [0, 0.05) is 17.6 Å². The maximum Gasteiger partial charge on any atom is 0.243 e. The van der Waals surface area contributed by atoms with Crippen molar-refractivity contribution in [2.75, 3.05) is 0 Å². The minimum absolute atomic E-state index is 0.0152. The summed E-state index contributed by atoms with van der Waals surface area (Å²) in [6.45, 7) is 8.17. The van der Waals surface area contributed by atoms with Gasteiger partial charge in [0.25, 0.3) is 0 Å². The number of hydrogen-bond acceptors (Lipinski definition) is 2. The smallest absolute Gasteiger partial charge is 0.243 e. The first kappa shape index (κ1) is 22.0. The fraction of sp³-hybridized carbons (Fsp3) is 0.391. The molecule has 2 aromatic carbocycles. The molecule has 0 saturated carbocycles.